The zero-order valence-electron chi connectivity index (χ0n) is 10.1. The molecule has 0 atom stereocenters. The van der Waals surface area contributed by atoms with Gasteiger partial charge in [0.05, 0.1) is 11.3 Å². The van der Waals surface area contributed by atoms with Crippen molar-refractivity contribution in [3.05, 3.63) is 41.7 Å². The van der Waals surface area contributed by atoms with Gasteiger partial charge < -0.3 is 5.73 Å². The van der Waals surface area contributed by atoms with Gasteiger partial charge in [-0.1, -0.05) is 12.1 Å². The van der Waals surface area contributed by atoms with Crippen molar-refractivity contribution in [2.75, 3.05) is 5.73 Å². The Bertz CT molecular complexity index is 646. The lowest BCUT2D eigenvalue weighted by molar-refractivity contribution is -0.144. The molecule has 1 aromatic carbocycles. The fourth-order valence-electron chi connectivity index (χ4n) is 1.57. The first-order valence-corrected chi connectivity index (χ1v) is 5.47. The van der Waals surface area contributed by atoms with Gasteiger partial charge in [-0.25, -0.2) is 9.97 Å². The van der Waals surface area contributed by atoms with Crippen LogP contribution >= 0.6 is 0 Å². The molecule has 9 heteroatoms. The first-order valence-electron chi connectivity index (χ1n) is 5.47. The SMILES string of the molecule is Nc1cc(-c2ccc(C(F)(F)F)cc2)nc(C(F)(F)F)n1. The summed E-state index contributed by atoms with van der Waals surface area (Å²) >= 11 is 0. The minimum Gasteiger partial charge on any atom is -0.384 e. The Morgan fingerprint density at radius 3 is 1.86 bits per heavy atom. The summed E-state index contributed by atoms with van der Waals surface area (Å²) in [7, 11) is 0. The lowest BCUT2D eigenvalue weighted by Gasteiger charge is -2.10. The lowest BCUT2D eigenvalue weighted by atomic mass is 10.1. The zero-order valence-corrected chi connectivity index (χ0v) is 10.1. The molecule has 112 valence electrons. The van der Waals surface area contributed by atoms with Crippen molar-refractivity contribution in [3.63, 3.8) is 0 Å². The van der Waals surface area contributed by atoms with E-state index in [0.717, 1.165) is 30.3 Å². The van der Waals surface area contributed by atoms with Crippen molar-refractivity contribution in [2.24, 2.45) is 0 Å². The van der Waals surface area contributed by atoms with Gasteiger partial charge in [-0.05, 0) is 12.1 Å². The summed E-state index contributed by atoms with van der Waals surface area (Å²) in [5.41, 5.74) is 4.22. The first kappa shape index (κ1) is 15.1. The molecule has 0 aliphatic rings. The van der Waals surface area contributed by atoms with Gasteiger partial charge in [-0.3, -0.25) is 0 Å². The third-order valence-corrected chi connectivity index (χ3v) is 2.51. The molecule has 1 heterocycles. The monoisotopic (exact) mass is 307 g/mol. The maximum Gasteiger partial charge on any atom is 0.451 e. The van der Waals surface area contributed by atoms with Crippen LogP contribution in [0.15, 0.2) is 30.3 Å². The fourth-order valence-corrected chi connectivity index (χ4v) is 1.57. The average Bonchev–Trinajstić information content (AvgIpc) is 2.36. The van der Waals surface area contributed by atoms with E-state index < -0.39 is 29.6 Å². The van der Waals surface area contributed by atoms with E-state index in [-0.39, 0.29) is 11.3 Å². The molecule has 0 saturated heterocycles. The number of anilines is 1. The van der Waals surface area contributed by atoms with Crippen LogP contribution in [0.3, 0.4) is 0 Å². The van der Waals surface area contributed by atoms with E-state index in [4.69, 9.17) is 5.73 Å². The molecule has 3 nitrogen and oxygen atoms in total. The molecule has 0 unspecified atom stereocenters. The van der Waals surface area contributed by atoms with Crippen LogP contribution in [0.4, 0.5) is 32.2 Å². The van der Waals surface area contributed by atoms with Crippen molar-refractivity contribution in [1.82, 2.24) is 9.97 Å². The van der Waals surface area contributed by atoms with Crippen LogP contribution in [0.5, 0.6) is 0 Å². The molecule has 0 amide bonds. The third kappa shape index (κ3) is 3.41. The molecule has 0 spiro atoms. The number of hydrogen-bond donors (Lipinski definition) is 1. The number of rotatable bonds is 1. The Labute approximate surface area is 114 Å². The quantitative estimate of drug-likeness (QED) is 0.816. The van der Waals surface area contributed by atoms with Gasteiger partial charge in [0.2, 0.25) is 5.82 Å². The van der Waals surface area contributed by atoms with Crippen LogP contribution in [-0.2, 0) is 12.4 Å². The lowest BCUT2D eigenvalue weighted by Crippen LogP contribution is -2.13. The van der Waals surface area contributed by atoms with Crippen molar-refractivity contribution in [2.45, 2.75) is 12.4 Å². The van der Waals surface area contributed by atoms with Crippen molar-refractivity contribution in [3.8, 4) is 11.3 Å². The van der Waals surface area contributed by atoms with E-state index in [2.05, 4.69) is 9.97 Å². The van der Waals surface area contributed by atoms with Crippen LogP contribution in [0.25, 0.3) is 11.3 Å². The molecule has 0 saturated carbocycles. The van der Waals surface area contributed by atoms with Crippen molar-refractivity contribution < 1.29 is 26.3 Å². The highest BCUT2D eigenvalue weighted by Gasteiger charge is 2.35. The molecule has 21 heavy (non-hydrogen) atoms. The molecular weight excluding hydrogens is 300 g/mol. The van der Waals surface area contributed by atoms with Gasteiger partial charge in [0.1, 0.15) is 5.82 Å². The molecule has 0 aliphatic heterocycles. The van der Waals surface area contributed by atoms with Gasteiger partial charge in [0.25, 0.3) is 0 Å². The number of nitrogens with zero attached hydrogens (tertiary/aromatic N) is 2. The van der Waals surface area contributed by atoms with E-state index in [9.17, 15) is 26.3 Å². The third-order valence-electron chi connectivity index (χ3n) is 2.51. The number of nitrogen functional groups attached to an aromatic ring is 1. The summed E-state index contributed by atoms with van der Waals surface area (Å²) in [6.45, 7) is 0. The number of benzene rings is 1. The number of nitrogens with two attached hydrogens (primary N) is 1. The summed E-state index contributed by atoms with van der Waals surface area (Å²) in [5.74, 6) is -1.87. The van der Waals surface area contributed by atoms with Crippen LogP contribution in [-0.4, -0.2) is 9.97 Å². The summed E-state index contributed by atoms with van der Waals surface area (Å²) < 4.78 is 74.9. The van der Waals surface area contributed by atoms with Crippen LogP contribution in [0, 0.1) is 0 Å². The Hall–Kier alpha value is -2.32. The highest BCUT2D eigenvalue weighted by atomic mass is 19.4. The van der Waals surface area contributed by atoms with Gasteiger partial charge >= 0.3 is 12.4 Å². The second kappa shape index (κ2) is 4.90. The molecule has 1 aromatic heterocycles. The van der Waals surface area contributed by atoms with Crippen LogP contribution in [0.2, 0.25) is 0 Å². The minimum atomic E-state index is -4.80. The Morgan fingerprint density at radius 1 is 0.810 bits per heavy atom. The number of alkyl halides is 6. The molecule has 0 radical (unpaired) electrons. The summed E-state index contributed by atoms with van der Waals surface area (Å²) in [6.07, 6.45) is -9.32. The molecule has 0 aliphatic carbocycles. The predicted molar refractivity (Wildman–Crippen MR) is 61.9 cm³/mol. The summed E-state index contributed by atoms with van der Waals surface area (Å²) in [6, 6.07) is 4.59. The zero-order chi connectivity index (χ0) is 15.8. The Kier molecular flexibility index (Phi) is 3.52. The molecule has 2 rings (SSSR count). The minimum absolute atomic E-state index is 0.0719. The smallest absolute Gasteiger partial charge is 0.384 e. The maximum absolute atomic E-state index is 12.6. The van der Waals surface area contributed by atoms with Crippen molar-refractivity contribution >= 4 is 5.82 Å². The number of halogens is 6. The summed E-state index contributed by atoms with van der Waals surface area (Å²) in [5, 5.41) is 0. The predicted octanol–water partition coefficient (Wildman–Crippen LogP) is 3.76. The largest absolute Gasteiger partial charge is 0.451 e. The highest BCUT2D eigenvalue weighted by molar-refractivity contribution is 5.62. The average molecular weight is 307 g/mol. The van der Waals surface area contributed by atoms with E-state index in [0.29, 0.717) is 0 Å². The van der Waals surface area contributed by atoms with Gasteiger partial charge in [0.15, 0.2) is 0 Å². The Morgan fingerprint density at radius 2 is 1.38 bits per heavy atom. The Balaban J connectivity index is 2.45. The van der Waals surface area contributed by atoms with Crippen LogP contribution < -0.4 is 5.73 Å². The van der Waals surface area contributed by atoms with Gasteiger partial charge in [-0.15, -0.1) is 0 Å². The fraction of sp³-hybridized carbons (Fsp3) is 0.167. The van der Waals surface area contributed by atoms with E-state index in [1.165, 1.54) is 0 Å². The van der Waals surface area contributed by atoms with Gasteiger partial charge in [0, 0.05) is 11.6 Å². The second-order valence-electron chi connectivity index (χ2n) is 4.07. The topological polar surface area (TPSA) is 51.8 Å². The van der Waals surface area contributed by atoms with E-state index >= 15 is 0 Å². The number of hydrogen-bond acceptors (Lipinski definition) is 3. The van der Waals surface area contributed by atoms with Crippen molar-refractivity contribution in [1.29, 1.82) is 0 Å². The first-order chi connectivity index (χ1) is 9.57. The van der Waals surface area contributed by atoms with Crippen LogP contribution in [0.1, 0.15) is 11.4 Å². The molecule has 2 aromatic rings. The normalized spacial score (nSPS) is 12.5. The van der Waals surface area contributed by atoms with Gasteiger partial charge in [-0.2, -0.15) is 26.3 Å². The second-order valence-corrected chi connectivity index (χ2v) is 4.07. The standard InChI is InChI=1S/C12H7F6N3/c13-11(14,15)7-3-1-6(2-4-7)8-5-9(19)21-10(20-8)12(16,17)18/h1-5H,(H2,19,20,21). The molecular formula is C12H7F6N3. The van der Waals surface area contributed by atoms with E-state index in [1.54, 1.807) is 0 Å². The molecule has 2 N–H and O–H groups in total. The number of aromatic nitrogens is 2. The van der Waals surface area contributed by atoms with E-state index in [1.807, 2.05) is 0 Å². The maximum atomic E-state index is 12.6. The molecule has 0 bridgehead atoms. The highest BCUT2D eigenvalue weighted by Crippen LogP contribution is 2.32. The summed E-state index contributed by atoms with van der Waals surface area (Å²) in [4.78, 5) is 6.32. The molecule has 0 fully saturated rings.